The molecule has 1 saturated heterocycles. The molecule has 1 atom stereocenters. The van der Waals surface area contributed by atoms with Crippen molar-refractivity contribution in [2.24, 2.45) is 11.7 Å². The second-order valence-electron chi connectivity index (χ2n) is 6.87. The van der Waals surface area contributed by atoms with Crippen molar-refractivity contribution in [1.29, 1.82) is 0 Å². The normalized spacial score (nSPS) is 15.7. The van der Waals surface area contributed by atoms with Crippen molar-refractivity contribution in [2.45, 2.75) is 25.8 Å². The van der Waals surface area contributed by atoms with Gasteiger partial charge in [-0.2, -0.15) is 0 Å². The fourth-order valence-electron chi connectivity index (χ4n) is 3.42. The Balaban J connectivity index is 0.00000261. The fraction of sp³-hybridized carbons (Fsp3) is 0.333. The molecule has 2 N–H and O–H groups in total. The van der Waals surface area contributed by atoms with Gasteiger partial charge in [-0.05, 0) is 56.0 Å². The van der Waals surface area contributed by atoms with E-state index in [4.69, 9.17) is 5.73 Å². The summed E-state index contributed by atoms with van der Waals surface area (Å²) in [5.74, 6) is -0.392. The lowest BCUT2D eigenvalue weighted by Crippen LogP contribution is -2.42. The minimum atomic E-state index is -0.400. The number of amides is 1. The molecule has 0 saturated carbocycles. The van der Waals surface area contributed by atoms with E-state index >= 15 is 0 Å². The Labute approximate surface area is 165 Å². The van der Waals surface area contributed by atoms with Gasteiger partial charge < -0.3 is 10.6 Å². The topological polar surface area (TPSA) is 63.4 Å². The summed E-state index contributed by atoms with van der Waals surface area (Å²) < 4.78 is 13.1. The summed E-state index contributed by atoms with van der Waals surface area (Å²) in [6.07, 6.45) is 1.75. The highest BCUT2D eigenvalue weighted by Gasteiger charge is 2.27. The second-order valence-corrected chi connectivity index (χ2v) is 6.87. The number of nitrogens with two attached hydrogens (primary N) is 1. The number of carbonyl (C=O) groups is 2. The molecule has 2 aromatic carbocycles. The molecule has 1 aliphatic rings. The highest BCUT2D eigenvalue weighted by molar-refractivity contribution is 6.15. The summed E-state index contributed by atoms with van der Waals surface area (Å²) >= 11 is 0. The fourth-order valence-corrected chi connectivity index (χ4v) is 3.42. The molecule has 0 bridgehead atoms. The lowest BCUT2D eigenvalue weighted by molar-refractivity contribution is 0.0677. The smallest absolute Gasteiger partial charge is 0.254 e. The summed E-state index contributed by atoms with van der Waals surface area (Å²) in [4.78, 5) is 27.6. The van der Waals surface area contributed by atoms with Crippen LogP contribution in [0, 0.1) is 11.7 Å². The zero-order valence-electron chi connectivity index (χ0n) is 15.2. The first-order valence-corrected chi connectivity index (χ1v) is 8.91. The van der Waals surface area contributed by atoms with Crippen LogP contribution in [0.15, 0.2) is 48.5 Å². The van der Waals surface area contributed by atoms with Crippen molar-refractivity contribution in [3.63, 3.8) is 0 Å². The number of rotatable bonds is 4. The van der Waals surface area contributed by atoms with Crippen LogP contribution >= 0.6 is 12.4 Å². The second kappa shape index (κ2) is 9.11. The Morgan fingerprint density at radius 1 is 1.04 bits per heavy atom. The molecule has 6 heteroatoms. The van der Waals surface area contributed by atoms with Gasteiger partial charge in [-0.25, -0.2) is 4.39 Å². The molecule has 3 rings (SSSR count). The van der Waals surface area contributed by atoms with E-state index in [0.29, 0.717) is 35.7 Å². The molecule has 0 aliphatic carbocycles. The van der Waals surface area contributed by atoms with E-state index in [1.807, 2.05) is 6.92 Å². The van der Waals surface area contributed by atoms with Crippen LogP contribution in [0.2, 0.25) is 0 Å². The number of nitrogens with zero attached hydrogens (tertiary/aromatic N) is 1. The van der Waals surface area contributed by atoms with Crippen molar-refractivity contribution in [1.82, 2.24) is 4.90 Å². The van der Waals surface area contributed by atoms with Gasteiger partial charge in [0.1, 0.15) is 5.82 Å². The van der Waals surface area contributed by atoms with E-state index in [9.17, 15) is 14.0 Å². The van der Waals surface area contributed by atoms with Crippen molar-refractivity contribution in [3.8, 4) is 0 Å². The minimum Gasteiger partial charge on any atom is -0.339 e. The number of ketones is 1. The standard InChI is InChI=1S/C21H23FN2O2.ClH/c1-14(23)15-10-12-24(13-11-15)21(26)19-5-3-2-4-18(19)20(25)16-6-8-17(22)9-7-16;/h2-9,14-15H,10-13,23H2,1H3;1H. The Morgan fingerprint density at radius 3 is 2.15 bits per heavy atom. The van der Waals surface area contributed by atoms with Gasteiger partial charge in [-0.15, -0.1) is 12.4 Å². The molecule has 1 aliphatic heterocycles. The first-order valence-electron chi connectivity index (χ1n) is 8.91. The van der Waals surface area contributed by atoms with Crippen LogP contribution in [-0.2, 0) is 0 Å². The Morgan fingerprint density at radius 2 is 1.59 bits per heavy atom. The molecule has 1 unspecified atom stereocenters. The van der Waals surface area contributed by atoms with Gasteiger partial charge in [0.2, 0.25) is 0 Å². The van der Waals surface area contributed by atoms with Crippen LogP contribution in [0.4, 0.5) is 4.39 Å². The van der Waals surface area contributed by atoms with Crippen LogP contribution < -0.4 is 5.73 Å². The number of benzene rings is 2. The number of piperidine rings is 1. The maximum Gasteiger partial charge on any atom is 0.254 e. The van der Waals surface area contributed by atoms with Gasteiger partial charge in [-0.3, -0.25) is 9.59 Å². The molecule has 4 nitrogen and oxygen atoms in total. The van der Waals surface area contributed by atoms with Crippen molar-refractivity contribution in [2.75, 3.05) is 13.1 Å². The van der Waals surface area contributed by atoms with E-state index in [0.717, 1.165) is 12.8 Å². The Kier molecular flexibility index (Phi) is 7.11. The van der Waals surface area contributed by atoms with E-state index in [-0.39, 0.29) is 30.1 Å². The number of likely N-dealkylation sites (tertiary alicyclic amines) is 1. The van der Waals surface area contributed by atoms with Crippen molar-refractivity contribution >= 4 is 24.1 Å². The molecular formula is C21H24ClFN2O2. The van der Waals surface area contributed by atoms with Crippen molar-refractivity contribution in [3.05, 3.63) is 71.0 Å². The average molecular weight is 391 g/mol. The lowest BCUT2D eigenvalue weighted by Gasteiger charge is -2.34. The molecular weight excluding hydrogens is 367 g/mol. The number of hydrogen-bond acceptors (Lipinski definition) is 3. The monoisotopic (exact) mass is 390 g/mol. The first kappa shape index (κ1) is 21.1. The SMILES string of the molecule is CC(N)C1CCN(C(=O)c2ccccc2C(=O)c2ccc(F)cc2)CC1.Cl. The zero-order valence-corrected chi connectivity index (χ0v) is 16.0. The van der Waals surface area contributed by atoms with E-state index in [2.05, 4.69) is 0 Å². The quantitative estimate of drug-likeness (QED) is 0.810. The summed E-state index contributed by atoms with van der Waals surface area (Å²) in [6, 6.07) is 12.3. The van der Waals surface area contributed by atoms with E-state index < -0.39 is 5.82 Å². The van der Waals surface area contributed by atoms with E-state index in [1.165, 1.54) is 24.3 Å². The van der Waals surface area contributed by atoms with Crippen LogP contribution in [-0.4, -0.2) is 35.7 Å². The summed E-state index contributed by atoms with van der Waals surface area (Å²) in [5.41, 5.74) is 7.06. The maximum absolute atomic E-state index is 13.1. The van der Waals surface area contributed by atoms with Gasteiger partial charge in [-0.1, -0.05) is 18.2 Å². The lowest BCUT2D eigenvalue weighted by atomic mass is 9.90. The molecule has 1 fully saturated rings. The third-order valence-electron chi connectivity index (χ3n) is 5.08. The predicted molar refractivity (Wildman–Crippen MR) is 106 cm³/mol. The van der Waals surface area contributed by atoms with Crippen molar-refractivity contribution < 1.29 is 14.0 Å². The largest absolute Gasteiger partial charge is 0.339 e. The van der Waals surface area contributed by atoms with Gasteiger partial charge >= 0.3 is 0 Å². The molecule has 1 amide bonds. The number of halogens is 2. The van der Waals surface area contributed by atoms with Gasteiger partial charge in [0.25, 0.3) is 5.91 Å². The van der Waals surface area contributed by atoms with Crippen LogP contribution in [0.5, 0.6) is 0 Å². The highest BCUT2D eigenvalue weighted by atomic mass is 35.5. The molecule has 1 heterocycles. The van der Waals surface area contributed by atoms with Crippen LogP contribution in [0.3, 0.4) is 0 Å². The molecule has 0 radical (unpaired) electrons. The Hall–Kier alpha value is -2.24. The summed E-state index contributed by atoms with van der Waals surface area (Å²) in [7, 11) is 0. The average Bonchev–Trinajstić information content (AvgIpc) is 2.67. The van der Waals surface area contributed by atoms with Crippen LogP contribution in [0.1, 0.15) is 46.0 Å². The highest BCUT2D eigenvalue weighted by Crippen LogP contribution is 2.23. The third kappa shape index (κ3) is 4.73. The van der Waals surface area contributed by atoms with Gasteiger partial charge in [0.05, 0.1) is 5.56 Å². The van der Waals surface area contributed by atoms with Crippen LogP contribution in [0.25, 0.3) is 0 Å². The number of carbonyl (C=O) groups excluding carboxylic acids is 2. The van der Waals surface area contributed by atoms with Gasteiger partial charge in [0.15, 0.2) is 5.78 Å². The molecule has 2 aromatic rings. The molecule has 27 heavy (non-hydrogen) atoms. The van der Waals surface area contributed by atoms with Gasteiger partial charge in [0, 0.05) is 30.3 Å². The Bertz CT molecular complexity index is 800. The maximum atomic E-state index is 13.1. The molecule has 0 spiro atoms. The zero-order chi connectivity index (χ0) is 18.7. The summed E-state index contributed by atoms with van der Waals surface area (Å²) in [6.45, 7) is 3.28. The molecule has 0 aromatic heterocycles. The predicted octanol–water partition coefficient (Wildman–Crippen LogP) is 3.68. The number of hydrogen-bond donors (Lipinski definition) is 1. The summed E-state index contributed by atoms with van der Waals surface area (Å²) in [5, 5.41) is 0. The molecule has 144 valence electrons. The first-order chi connectivity index (χ1) is 12.5. The minimum absolute atomic E-state index is 0. The third-order valence-corrected chi connectivity index (χ3v) is 5.08. The van der Waals surface area contributed by atoms with E-state index in [1.54, 1.807) is 29.2 Å².